The van der Waals surface area contributed by atoms with Crippen molar-refractivity contribution in [2.75, 3.05) is 13.1 Å². The molecule has 1 saturated heterocycles. The fourth-order valence-electron chi connectivity index (χ4n) is 3.01. The van der Waals surface area contributed by atoms with Crippen LogP contribution in [0.1, 0.15) is 46.1 Å². The molecule has 1 heterocycles. The second-order valence-corrected chi connectivity index (χ2v) is 7.18. The molecule has 0 atom stereocenters. The van der Waals surface area contributed by atoms with Gasteiger partial charge >= 0.3 is 0 Å². The van der Waals surface area contributed by atoms with Gasteiger partial charge in [-0.1, -0.05) is 25.4 Å². The molecule has 1 fully saturated rings. The van der Waals surface area contributed by atoms with E-state index in [-0.39, 0.29) is 16.9 Å². The highest BCUT2D eigenvalue weighted by Gasteiger charge is 2.40. The van der Waals surface area contributed by atoms with Gasteiger partial charge in [0.1, 0.15) is 5.82 Å². The predicted octanol–water partition coefficient (Wildman–Crippen LogP) is 4.22. The fourth-order valence-corrected chi connectivity index (χ4v) is 3.21. The van der Waals surface area contributed by atoms with Crippen molar-refractivity contribution >= 4 is 11.6 Å². The summed E-state index contributed by atoms with van der Waals surface area (Å²) in [5.74, 6) is -0.174. The highest BCUT2D eigenvalue weighted by molar-refractivity contribution is 6.30. The van der Waals surface area contributed by atoms with Gasteiger partial charge in [0.25, 0.3) is 0 Å². The van der Waals surface area contributed by atoms with E-state index in [1.54, 1.807) is 12.1 Å². The molecule has 0 aromatic heterocycles. The van der Waals surface area contributed by atoms with Crippen LogP contribution in [-0.4, -0.2) is 29.1 Å². The number of benzene rings is 1. The van der Waals surface area contributed by atoms with Crippen molar-refractivity contribution in [3.05, 3.63) is 34.6 Å². The van der Waals surface area contributed by atoms with Gasteiger partial charge in [-0.3, -0.25) is 4.90 Å². The van der Waals surface area contributed by atoms with E-state index in [4.69, 9.17) is 11.6 Å². The number of halogens is 2. The van der Waals surface area contributed by atoms with Crippen molar-refractivity contribution < 1.29 is 4.39 Å². The van der Waals surface area contributed by atoms with E-state index >= 15 is 0 Å². The van der Waals surface area contributed by atoms with Crippen molar-refractivity contribution in [2.45, 2.75) is 58.2 Å². The molecule has 1 N–H and O–H groups in total. The van der Waals surface area contributed by atoms with Crippen molar-refractivity contribution in [2.24, 2.45) is 0 Å². The lowest BCUT2D eigenvalue weighted by atomic mass is 9.84. The van der Waals surface area contributed by atoms with Gasteiger partial charge in [-0.05, 0) is 44.9 Å². The monoisotopic (exact) mass is 312 g/mol. The van der Waals surface area contributed by atoms with E-state index in [2.05, 4.69) is 37.9 Å². The van der Waals surface area contributed by atoms with Gasteiger partial charge in [-0.25, -0.2) is 4.39 Å². The number of hydrogen-bond acceptors (Lipinski definition) is 2. The highest BCUT2D eigenvalue weighted by atomic mass is 35.5. The van der Waals surface area contributed by atoms with Crippen LogP contribution < -0.4 is 5.32 Å². The molecule has 0 bridgehead atoms. The zero-order chi connectivity index (χ0) is 15.7. The second-order valence-electron chi connectivity index (χ2n) is 6.75. The van der Waals surface area contributed by atoms with E-state index < -0.39 is 0 Å². The van der Waals surface area contributed by atoms with E-state index in [9.17, 15) is 4.39 Å². The highest BCUT2D eigenvalue weighted by Crippen LogP contribution is 2.30. The number of nitrogens with one attached hydrogen (secondary N) is 1. The first-order valence-electron chi connectivity index (χ1n) is 7.76. The summed E-state index contributed by atoms with van der Waals surface area (Å²) in [5.41, 5.74) is 0.811. The molecular weight excluding hydrogens is 287 g/mol. The minimum absolute atomic E-state index is 0.00258. The summed E-state index contributed by atoms with van der Waals surface area (Å²) in [5, 5.41) is 4.30. The molecule has 2 nitrogen and oxygen atoms in total. The number of piperazine rings is 1. The third kappa shape index (κ3) is 3.58. The first-order valence-corrected chi connectivity index (χ1v) is 8.14. The summed E-state index contributed by atoms with van der Waals surface area (Å²) in [4.78, 5) is 2.38. The van der Waals surface area contributed by atoms with Crippen molar-refractivity contribution in [1.29, 1.82) is 0 Å². The molecule has 1 aliphatic rings. The van der Waals surface area contributed by atoms with Crippen LogP contribution in [-0.2, 0) is 6.54 Å². The maximum absolute atomic E-state index is 14.0. The van der Waals surface area contributed by atoms with Crippen molar-refractivity contribution in [3.63, 3.8) is 0 Å². The largest absolute Gasteiger partial charge is 0.308 e. The number of nitrogens with zero attached hydrogens (tertiary/aromatic N) is 1. The molecule has 0 unspecified atom stereocenters. The first-order chi connectivity index (χ1) is 9.82. The van der Waals surface area contributed by atoms with Gasteiger partial charge in [0.05, 0.1) is 0 Å². The average Bonchev–Trinajstić information content (AvgIpc) is 2.45. The lowest BCUT2D eigenvalue weighted by Crippen LogP contribution is -2.67. The van der Waals surface area contributed by atoms with Gasteiger partial charge in [0.15, 0.2) is 0 Å². The lowest BCUT2D eigenvalue weighted by Gasteiger charge is -2.52. The average molecular weight is 313 g/mol. The van der Waals surface area contributed by atoms with E-state index in [1.165, 1.54) is 6.07 Å². The smallest absolute Gasteiger partial charge is 0.127 e. The molecule has 4 heteroatoms. The third-order valence-corrected chi connectivity index (χ3v) is 5.20. The van der Waals surface area contributed by atoms with Crippen LogP contribution in [0, 0.1) is 5.82 Å². The summed E-state index contributed by atoms with van der Waals surface area (Å²) < 4.78 is 14.0. The Balaban J connectivity index is 2.24. The van der Waals surface area contributed by atoms with Crippen molar-refractivity contribution in [3.8, 4) is 0 Å². The van der Waals surface area contributed by atoms with Gasteiger partial charge in [-0.15, -0.1) is 0 Å². The van der Waals surface area contributed by atoms with Crippen LogP contribution in [0.15, 0.2) is 18.2 Å². The fraction of sp³-hybridized carbons (Fsp3) is 0.647. The van der Waals surface area contributed by atoms with Crippen LogP contribution in [0.2, 0.25) is 5.02 Å². The molecule has 0 spiro atoms. The standard InChI is InChI=1S/C17H26ClFN2/c1-5-17(6-2)12-21(16(3,4)11-20-17)10-13-9-14(18)7-8-15(13)19/h7-9,20H,5-6,10-12H2,1-4H3. The Labute approximate surface area is 132 Å². The van der Waals surface area contributed by atoms with Crippen LogP contribution in [0.25, 0.3) is 0 Å². The van der Waals surface area contributed by atoms with Gasteiger partial charge in [0, 0.05) is 41.3 Å². The maximum Gasteiger partial charge on any atom is 0.127 e. The molecule has 118 valence electrons. The van der Waals surface area contributed by atoms with Crippen LogP contribution >= 0.6 is 11.6 Å². The molecule has 1 aromatic rings. The van der Waals surface area contributed by atoms with Gasteiger partial charge in [0.2, 0.25) is 0 Å². The molecular formula is C17H26ClFN2. The molecule has 0 saturated carbocycles. The quantitative estimate of drug-likeness (QED) is 0.895. The topological polar surface area (TPSA) is 15.3 Å². The Morgan fingerprint density at radius 1 is 1.29 bits per heavy atom. The van der Waals surface area contributed by atoms with E-state index in [1.807, 2.05) is 0 Å². The Hall–Kier alpha value is -0.640. The van der Waals surface area contributed by atoms with Crippen molar-refractivity contribution in [1.82, 2.24) is 10.2 Å². The Morgan fingerprint density at radius 2 is 1.95 bits per heavy atom. The molecule has 21 heavy (non-hydrogen) atoms. The summed E-state index contributed by atoms with van der Waals surface area (Å²) in [7, 11) is 0. The minimum atomic E-state index is -0.174. The minimum Gasteiger partial charge on any atom is -0.308 e. The van der Waals surface area contributed by atoms with Gasteiger partial charge < -0.3 is 5.32 Å². The second kappa shape index (κ2) is 6.23. The molecule has 2 rings (SSSR count). The maximum atomic E-state index is 14.0. The Morgan fingerprint density at radius 3 is 2.57 bits per heavy atom. The summed E-state index contributed by atoms with van der Waals surface area (Å²) in [6, 6.07) is 4.81. The normalized spacial score (nSPS) is 21.4. The van der Waals surface area contributed by atoms with E-state index in [0.29, 0.717) is 17.1 Å². The van der Waals surface area contributed by atoms with Crippen LogP contribution in [0.5, 0.6) is 0 Å². The Bertz CT molecular complexity index is 498. The molecule has 0 amide bonds. The zero-order valence-electron chi connectivity index (χ0n) is 13.5. The SMILES string of the molecule is CCC1(CC)CN(Cc2cc(Cl)ccc2F)C(C)(C)CN1. The van der Waals surface area contributed by atoms with Crippen LogP contribution in [0.4, 0.5) is 4.39 Å². The molecule has 0 aliphatic carbocycles. The lowest BCUT2D eigenvalue weighted by molar-refractivity contribution is 0.0154. The Kier molecular flexibility index (Phi) is 4.96. The summed E-state index contributed by atoms with van der Waals surface area (Å²) in [6.07, 6.45) is 2.15. The third-order valence-electron chi connectivity index (χ3n) is 4.97. The van der Waals surface area contributed by atoms with Gasteiger partial charge in [-0.2, -0.15) is 0 Å². The molecule has 1 aromatic carbocycles. The molecule has 1 aliphatic heterocycles. The number of hydrogen-bond donors (Lipinski definition) is 1. The zero-order valence-corrected chi connectivity index (χ0v) is 14.2. The molecule has 0 radical (unpaired) electrons. The van der Waals surface area contributed by atoms with E-state index in [0.717, 1.165) is 25.9 Å². The van der Waals surface area contributed by atoms with Crippen LogP contribution in [0.3, 0.4) is 0 Å². The first kappa shape index (κ1) is 16.7. The number of rotatable bonds is 4. The summed E-state index contributed by atoms with van der Waals surface area (Å²) in [6.45, 7) is 11.3. The summed E-state index contributed by atoms with van der Waals surface area (Å²) >= 11 is 6.02. The predicted molar refractivity (Wildman–Crippen MR) is 87.2 cm³/mol.